The van der Waals surface area contributed by atoms with Crippen LogP contribution in [0.3, 0.4) is 0 Å². The fourth-order valence-electron chi connectivity index (χ4n) is 4.60. The number of hydrogen-bond donors (Lipinski definition) is 2. The summed E-state index contributed by atoms with van der Waals surface area (Å²) in [5.41, 5.74) is 2.79. The Hall–Kier alpha value is -1.72. The predicted octanol–water partition coefficient (Wildman–Crippen LogP) is 3.75. The van der Waals surface area contributed by atoms with Crippen molar-refractivity contribution < 1.29 is 0 Å². The lowest BCUT2D eigenvalue weighted by molar-refractivity contribution is 0.112. The van der Waals surface area contributed by atoms with Gasteiger partial charge < -0.3 is 0 Å². The molecule has 2 saturated heterocycles. The Morgan fingerprint density at radius 2 is 1.07 bits per heavy atom. The Bertz CT molecular complexity index is 629. The smallest absolute Gasteiger partial charge is 0.0860 e. The van der Waals surface area contributed by atoms with Gasteiger partial charge in [-0.25, -0.2) is 0 Å². The van der Waals surface area contributed by atoms with Crippen molar-refractivity contribution in [3.8, 4) is 0 Å². The van der Waals surface area contributed by atoms with E-state index < -0.39 is 0 Å². The Balaban J connectivity index is 1.28. The molecule has 2 N–H and O–H groups in total. The van der Waals surface area contributed by atoms with Crippen molar-refractivity contribution in [2.45, 2.75) is 38.0 Å². The molecule has 2 aliphatic rings. The van der Waals surface area contributed by atoms with Gasteiger partial charge in [-0.3, -0.25) is 20.4 Å². The SMILES string of the molecule is c1ccc(C2NCCCN2CCCCN2CCCNC2c2ccccc2)cc1. The van der Waals surface area contributed by atoms with Gasteiger partial charge in [-0.05, 0) is 63.0 Å². The number of benzene rings is 2. The van der Waals surface area contributed by atoms with E-state index >= 15 is 0 Å². The first-order valence-corrected chi connectivity index (χ1v) is 11.0. The molecule has 0 amide bonds. The van der Waals surface area contributed by atoms with Crippen LogP contribution in [0.15, 0.2) is 60.7 Å². The van der Waals surface area contributed by atoms with E-state index in [4.69, 9.17) is 0 Å². The standard InChI is InChI=1S/C24H34N4/c1-3-11-21(12-4-1)23-25-15-9-19-27(23)17-7-8-18-28-20-10-16-26-24(28)22-13-5-2-6-14-22/h1-6,11-14,23-26H,7-10,15-20H2. The van der Waals surface area contributed by atoms with Crippen LogP contribution in [0.1, 0.15) is 49.1 Å². The third-order valence-corrected chi connectivity index (χ3v) is 6.02. The van der Waals surface area contributed by atoms with Gasteiger partial charge in [0.05, 0.1) is 12.3 Å². The molecule has 2 aliphatic heterocycles. The van der Waals surface area contributed by atoms with Crippen molar-refractivity contribution in [1.29, 1.82) is 0 Å². The van der Waals surface area contributed by atoms with Crippen molar-refractivity contribution in [1.82, 2.24) is 20.4 Å². The van der Waals surface area contributed by atoms with E-state index in [0.29, 0.717) is 12.3 Å². The van der Waals surface area contributed by atoms with Crippen LogP contribution in [0.25, 0.3) is 0 Å². The molecule has 0 bridgehead atoms. The summed E-state index contributed by atoms with van der Waals surface area (Å²) in [7, 11) is 0. The highest BCUT2D eigenvalue weighted by atomic mass is 15.3. The number of nitrogens with one attached hydrogen (secondary N) is 2. The second-order valence-electron chi connectivity index (χ2n) is 8.02. The van der Waals surface area contributed by atoms with Crippen LogP contribution >= 0.6 is 0 Å². The van der Waals surface area contributed by atoms with Gasteiger partial charge in [-0.2, -0.15) is 0 Å². The fourth-order valence-corrected chi connectivity index (χ4v) is 4.60. The molecule has 0 aliphatic carbocycles. The molecule has 2 aromatic rings. The molecule has 2 aromatic carbocycles. The summed E-state index contributed by atoms with van der Waals surface area (Å²) in [5, 5.41) is 7.42. The normalized spacial score (nSPS) is 24.3. The lowest BCUT2D eigenvalue weighted by Gasteiger charge is -2.38. The third kappa shape index (κ3) is 5.00. The van der Waals surface area contributed by atoms with Crippen LogP contribution < -0.4 is 10.6 Å². The largest absolute Gasteiger partial charge is 0.298 e. The van der Waals surface area contributed by atoms with Gasteiger partial charge in [0.25, 0.3) is 0 Å². The van der Waals surface area contributed by atoms with Crippen molar-refractivity contribution >= 4 is 0 Å². The van der Waals surface area contributed by atoms with Gasteiger partial charge in [0.15, 0.2) is 0 Å². The van der Waals surface area contributed by atoms with E-state index in [1.807, 2.05) is 0 Å². The topological polar surface area (TPSA) is 30.5 Å². The maximum atomic E-state index is 3.71. The average molecular weight is 379 g/mol. The molecule has 2 unspecified atom stereocenters. The summed E-state index contributed by atoms with van der Waals surface area (Å²) >= 11 is 0. The third-order valence-electron chi connectivity index (χ3n) is 6.02. The van der Waals surface area contributed by atoms with E-state index in [0.717, 1.165) is 13.1 Å². The molecule has 4 rings (SSSR count). The molecular formula is C24H34N4. The molecular weight excluding hydrogens is 344 g/mol. The maximum Gasteiger partial charge on any atom is 0.0860 e. The lowest BCUT2D eigenvalue weighted by Crippen LogP contribution is -2.46. The second-order valence-corrected chi connectivity index (χ2v) is 8.02. The van der Waals surface area contributed by atoms with Crippen molar-refractivity contribution in [2.75, 3.05) is 39.3 Å². The highest BCUT2D eigenvalue weighted by Gasteiger charge is 2.24. The summed E-state index contributed by atoms with van der Waals surface area (Å²) in [6, 6.07) is 21.8. The molecule has 4 heteroatoms. The zero-order valence-corrected chi connectivity index (χ0v) is 16.9. The van der Waals surface area contributed by atoms with E-state index in [1.54, 1.807) is 0 Å². The minimum atomic E-state index is 0.378. The van der Waals surface area contributed by atoms with Gasteiger partial charge >= 0.3 is 0 Å². The summed E-state index contributed by atoms with van der Waals surface area (Å²) < 4.78 is 0. The quantitative estimate of drug-likeness (QED) is 0.719. The number of hydrogen-bond acceptors (Lipinski definition) is 4. The average Bonchev–Trinajstić information content (AvgIpc) is 2.78. The van der Waals surface area contributed by atoms with Crippen LogP contribution in [0.4, 0.5) is 0 Å². The van der Waals surface area contributed by atoms with Gasteiger partial charge in [-0.1, -0.05) is 60.7 Å². The van der Waals surface area contributed by atoms with Crippen molar-refractivity contribution in [2.24, 2.45) is 0 Å². The highest BCUT2D eigenvalue weighted by Crippen LogP contribution is 2.23. The fraction of sp³-hybridized carbons (Fsp3) is 0.500. The monoisotopic (exact) mass is 378 g/mol. The molecule has 2 atom stereocenters. The number of rotatable bonds is 7. The first-order chi connectivity index (χ1) is 13.9. The van der Waals surface area contributed by atoms with Gasteiger partial charge in [-0.15, -0.1) is 0 Å². The van der Waals surface area contributed by atoms with E-state index in [1.165, 1.54) is 63.0 Å². The van der Waals surface area contributed by atoms with Crippen LogP contribution in [0.2, 0.25) is 0 Å². The molecule has 150 valence electrons. The van der Waals surface area contributed by atoms with Crippen LogP contribution in [0, 0.1) is 0 Å². The Morgan fingerprint density at radius 1 is 0.643 bits per heavy atom. The van der Waals surface area contributed by atoms with Crippen molar-refractivity contribution in [3.05, 3.63) is 71.8 Å². The summed E-state index contributed by atoms with van der Waals surface area (Å²) in [5.74, 6) is 0. The zero-order valence-electron chi connectivity index (χ0n) is 16.9. The van der Waals surface area contributed by atoms with Crippen LogP contribution in [-0.2, 0) is 0 Å². The summed E-state index contributed by atoms with van der Waals surface area (Å²) in [6.07, 6.45) is 5.75. The molecule has 4 nitrogen and oxygen atoms in total. The number of unbranched alkanes of at least 4 members (excludes halogenated alkanes) is 1. The molecule has 0 radical (unpaired) electrons. The van der Waals surface area contributed by atoms with Gasteiger partial charge in [0, 0.05) is 13.1 Å². The Kier molecular flexibility index (Phi) is 7.12. The first-order valence-electron chi connectivity index (χ1n) is 11.0. The minimum absolute atomic E-state index is 0.378. The Labute approximate surface area is 169 Å². The lowest BCUT2D eigenvalue weighted by atomic mass is 10.1. The molecule has 2 fully saturated rings. The molecule has 0 saturated carbocycles. The minimum Gasteiger partial charge on any atom is -0.298 e. The number of nitrogens with zero attached hydrogens (tertiary/aromatic N) is 2. The van der Waals surface area contributed by atoms with E-state index in [2.05, 4.69) is 81.1 Å². The van der Waals surface area contributed by atoms with E-state index in [-0.39, 0.29) is 0 Å². The zero-order chi connectivity index (χ0) is 19.0. The summed E-state index contributed by atoms with van der Waals surface area (Å²) in [6.45, 7) is 6.98. The van der Waals surface area contributed by atoms with Crippen LogP contribution in [-0.4, -0.2) is 49.1 Å². The van der Waals surface area contributed by atoms with Crippen LogP contribution in [0.5, 0.6) is 0 Å². The first kappa shape index (κ1) is 19.6. The van der Waals surface area contributed by atoms with E-state index in [9.17, 15) is 0 Å². The second kappa shape index (κ2) is 10.2. The molecule has 0 aromatic heterocycles. The highest BCUT2D eigenvalue weighted by molar-refractivity contribution is 5.20. The molecule has 28 heavy (non-hydrogen) atoms. The predicted molar refractivity (Wildman–Crippen MR) is 116 cm³/mol. The summed E-state index contributed by atoms with van der Waals surface area (Å²) in [4.78, 5) is 5.25. The maximum absolute atomic E-state index is 3.71. The van der Waals surface area contributed by atoms with Crippen molar-refractivity contribution in [3.63, 3.8) is 0 Å². The molecule has 2 heterocycles. The van der Waals surface area contributed by atoms with Gasteiger partial charge in [0.2, 0.25) is 0 Å². The Morgan fingerprint density at radius 3 is 1.50 bits per heavy atom. The molecule has 0 spiro atoms. The van der Waals surface area contributed by atoms with Gasteiger partial charge in [0.1, 0.15) is 0 Å².